The Morgan fingerprint density at radius 3 is 2.33 bits per heavy atom. The van der Waals surface area contributed by atoms with Crippen molar-refractivity contribution in [2.75, 3.05) is 6.67 Å². The summed E-state index contributed by atoms with van der Waals surface area (Å²) < 4.78 is 65.2. The Bertz CT molecular complexity index is 323. The van der Waals surface area contributed by atoms with E-state index in [1.807, 2.05) is 0 Å². The molecule has 0 spiro atoms. The van der Waals surface area contributed by atoms with E-state index in [-0.39, 0.29) is 0 Å². The normalized spacial score (nSPS) is 13.7. The van der Waals surface area contributed by atoms with Gasteiger partial charge in [0.15, 0.2) is 6.67 Å². The molecule has 0 amide bonds. The Kier molecular flexibility index (Phi) is 3.49. The van der Waals surface area contributed by atoms with Gasteiger partial charge in [-0.05, 0) is 12.1 Å². The molecular formula is C9H7F5O. The molecule has 0 saturated carbocycles. The van der Waals surface area contributed by atoms with E-state index in [0.717, 1.165) is 18.2 Å². The maximum Gasteiger partial charge on any atom is 0.419 e. The molecule has 0 aromatic heterocycles. The summed E-state index contributed by atoms with van der Waals surface area (Å²) in [6.45, 7) is -1.49. The lowest BCUT2D eigenvalue weighted by Gasteiger charge is -2.14. The van der Waals surface area contributed by atoms with E-state index in [1.165, 1.54) is 6.07 Å². The highest BCUT2D eigenvalue weighted by molar-refractivity contribution is 5.35. The Morgan fingerprint density at radius 2 is 1.80 bits per heavy atom. The van der Waals surface area contributed by atoms with Gasteiger partial charge in [-0.25, -0.2) is 4.39 Å². The smallest absolute Gasteiger partial charge is 0.419 e. The Morgan fingerprint density at radius 1 is 1.20 bits per heavy atom. The molecule has 6 heteroatoms. The zero-order chi connectivity index (χ0) is 11.5. The zero-order valence-corrected chi connectivity index (χ0v) is 7.39. The number of para-hydroxylation sites is 1. The first kappa shape index (κ1) is 11.7. The van der Waals surface area contributed by atoms with Crippen molar-refractivity contribution in [2.45, 2.75) is 12.5 Å². The van der Waals surface area contributed by atoms with Crippen molar-refractivity contribution in [2.24, 2.45) is 0 Å². The van der Waals surface area contributed by atoms with Gasteiger partial charge in [-0.3, -0.25) is 0 Å². The lowest BCUT2D eigenvalue weighted by molar-refractivity contribution is -0.140. The minimum Gasteiger partial charge on any atom is -0.457 e. The molecule has 0 N–H and O–H groups in total. The minimum atomic E-state index is -4.65. The quantitative estimate of drug-likeness (QED) is 0.718. The first-order valence-corrected chi connectivity index (χ1v) is 3.98. The van der Waals surface area contributed by atoms with Crippen molar-refractivity contribution in [3.63, 3.8) is 0 Å². The minimum absolute atomic E-state index is 0.713. The second kappa shape index (κ2) is 4.46. The zero-order valence-electron chi connectivity index (χ0n) is 7.39. The Balaban J connectivity index is 2.97. The fourth-order valence-electron chi connectivity index (χ4n) is 0.973. The summed E-state index contributed by atoms with van der Waals surface area (Å²) in [6.07, 6.45) is -7.03. The summed E-state index contributed by atoms with van der Waals surface area (Å²) in [7, 11) is 0. The van der Waals surface area contributed by atoms with E-state index < -0.39 is 30.5 Å². The average molecular weight is 226 g/mol. The van der Waals surface area contributed by atoms with Crippen LogP contribution in [0.4, 0.5) is 22.0 Å². The van der Waals surface area contributed by atoms with Crippen molar-refractivity contribution < 1.29 is 26.7 Å². The first-order chi connectivity index (χ1) is 6.95. The van der Waals surface area contributed by atoms with Crippen LogP contribution in [0.2, 0.25) is 0 Å². The molecule has 0 heterocycles. The van der Waals surface area contributed by atoms with Gasteiger partial charge >= 0.3 is 6.18 Å². The van der Waals surface area contributed by atoms with Crippen LogP contribution in [-0.4, -0.2) is 13.0 Å². The molecule has 0 radical (unpaired) electrons. The lowest BCUT2D eigenvalue weighted by atomic mass is 10.2. The van der Waals surface area contributed by atoms with E-state index in [2.05, 4.69) is 4.74 Å². The monoisotopic (exact) mass is 226 g/mol. The fourth-order valence-corrected chi connectivity index (χ4v) is 0.973. The van der Waals surface area contributed by atoms with Gasteiger partial charge in [0.05, 0.1) is 5.56 Å². The maximum atomic E-state index is 12.4. The van der Waals surface area contributed by atoms with Gasteiger partial charge in [0.2, 0.25) is 0 Å². The molecule has 1 atom stereocenters. The summed E-state index contributed by atoms with van der Waals surface area (Å²) in [5, 5.41) is 0. The van der Waals surface area contributed by atoms with Crippen LogP contribution in [0.1, 0.15) is 5.56 Å². The third kappa shape index (κ3) is 3.07. The van der Waals surface area contributed by atoms with Crippen molar-refractivity contribution in [1.82, 2.24) is 0 Å². The second-order valence-electron chi connectivity index (χ2n) is 2.68. The van der Waals surface area contributed by atoms with E-state index in [1.54, 1.807) is 0 Å². The van der Waals surface area contributed by atoms with Gasteiger partial charge in [0.1, 0.15) is 5.75 Å². The van der Waals surface area contributed by atoms with Crippen LogP contribution < -0.4 is 4.74 Å². The molecule has 84 valence electrons. The first-order valence-electron chi connectivity index (χ1n) is 3.98. The van der Waals surface area contributed by atoms with Crippen LogP contribution >= 0.6 is 0 Å². The SMILES string of the molecule is FCC(F)Oc1ccccc1C(F)(F)F. The van der Waals surface area contributed by atoms with Crippen molar-refractivity contribution in [3.05, 3.63) is 29.8 Å². The van der Waals surface area contributed by atoms with Crippen LogP contribution in [0, 0.1) is 0 Å². The standard InChI is InChI=1S/C9H7F5O/c10-5-8(11)15-7-4-2-1-3-6(7)9(12,13)14/h1-4,8H,5H2. The summed E-state index contributed by atoms with van der Waals surface area (Å²) in [5.41, 5.74) is -1.12. The van der Waals surface area contributed by atoms with Gasteiger partial charge in [0.25, 0.3) is 6.36 Å². The van der Waals surface area contributed by atoms with Crippen LogP contribution in [0.3, 0.4) is 0 Å². The molecule has 0 fully saturated rings. The highest BCUT2D eigenvalue weighted by atomic mass is 19.4. The molecule has 0 saturated heterocycles. The van der Waals surface area contributed by atoms with Crippen molar-refractivity contribution >= 4 is 0 Å². The molecule has 1 rings (SSSR count). The number of hydrogen-bond acceptors (Lipinski definition) is 1. The largest absolute Gasteiger partial charge is 0.457 e. The van der Waals surface area contributed by atoms with E-state index in [0.29, 0.717) is 0 Å². The van der Waals surface area contributed by atoms with Gasteiger partial charge in [-0.15, -0.1) is 0 Å². The molecule has 0 aliphatic heterocycles. The van der Waals surface area contributed by atoms with E-state index >= 15 is 0 Å². The number of hydrogen-bond donors (Lipinski definition) is 0. The Labute approximate surface area is 82.5 Å². The summed E-state index contributed by atoms with van der Waals surface area (Å²) in [4.78, 5) is 0. The van der Waals surface area contributed by atoms with E-state index in [4.69, 9.17) is 0 Å². The number of benzene rings is 1. The predicted molar refractivity (Wildman–Crippen MR) is 42.9 cm³/mol. The molecule has 15 heavy (non-hydrogen) atoms. The summed E-state index contributed by atoms with van der Waals surface area (Å²) >= 11 is 0. The molecule has 1 unspecified atom stereocenters. The average Bonchev–Trinajstić information content (AvgIpc) is 2.17. The van der Waals surface area contributed by atoms with Gasteiger partial charge in [0, 0.05) is 0 Å². The lowest BCUT2D eigenvalue weighted by Crippen LogP contribution is -2.15. The van der Waals surface area contributed by atoms with Crippen LogP contribution in [0.15, 0.2) is 24.3 Å². The highest BCUT2D eigenvalue weighted by Gasteiger charge is 2.34. The predicted octanol–water partition coefficient (Wildman–Crippen LogP) is 3.35. The van der Waals surface area contributed by atoms with Gasteiger partial charge < -0.3 is 4.74 Å². The van der Waals surface area contributed by atoms with Crippen molar-refractivity contribution in [3.8, 4) is 5.75 Å². The molecule has 1 nitrogen and oxygen atoms in total. The Hall–Kier alpha value is -1.33. The number of alkyl halides is 5. The summed E-state index contributed by atoms with van der Waals surface area (Å²) in [5.74, 6) is -0.713. The number of halogens is 5. The second-order valence-corrected chi connectivity index (χ2v) is 2.68. The van der Waals surface area contributed by atoms with Crippen LogP contribution in [-0.2, 0) is 6.18 Å². The topological polar surface area (TPSA) is 9.23 Å². The third-order valence-corrected chi connectivity index (χ3v) is 1.57. The summed E-state index contributed by atoms with van der Waals surface area (Å²) in [6, 6.07) is 4.05. The van der Waals surface area contributed by atoms with Gasteiger partial charge in [-0.1, -0.05) is 12.1 Å². The molecule has 0 bridgehead atoms. The fraction of sp³-hybridized carbons (Fsp3) is 0.333. The van der Waals surface area contributed by atoms with Crippen LogP contribution in [0.5, 0.6) is 5.75 Å². The molecule has 1 aromatic carbocycles. The molecule has 0 aliphatic carbocycles. The third-order valence-electron chi connectivity index (χ3n) is 1.57. The molecule has 0 aliphatic rings. The molecule has 1 aromatic rings. The molecular weight excluding hydrogens is 219 g/mol. The maximum absolute atomic E-state index is 12.4. The van der Waals surface area contributed by atoms with Gasteiger partial charge in [-0.2, -0.15) is 17.6 Å². The van der Waals surface area contributed by atoms with Crippen molar-refractivity contribution in [1.29, 1.82) is 0 Å². The number of ether oxygens (including phenoxy) is 1. The highest BCUT2D eigenvalue weighted by Crippen LogP contribution is 2.36. The number of rotatable bonds is 3. The van der Waals surface area contributed by atoms with E-state index in [9.17, 15) is 22.0 Å². The van der Waals surface area contributed by atoms with Crippen LogP contribution in [0.25, 0.3) is 0 Å².